The van der Waals surface area contributed by atoms with Crippen LogP contribution in [0.5, 0.6) is 0 Å². The molecule has 4 nitrogen and oxygen atoms in total. The summed E-state index contributed by atoms with van der Waals surface area (Å²) in [6.45, 7) is 5.14. The van der Waals surface area contributed by atoms with Crippen LogP contribution < -0.4 is 5.32 Å². The minimum absolute atomic E-state index is 0.0641. The molecule has 0 saturated carbocycles. The molecule has 0 atom stereocenters. The van der Waals surface area contributed by atoms with E-state index in [9.17, 15) is 14.5 Å². The fraction of sp³-hybridized carbons (Fsp3) is 0.333. The summed E-state index contributed by atoms with van der Waals surface area (Å²) in [7, 11) is 0. The lowest BCUT2D eigenvalue weighted by Gasteiger charge is -2.23. The third-order valence-electron chi connectivity index (χ3n) is 3.33. The van der Waals surface area contributed by atoms with Crippen LogP contribution >= 0.6 is 11.3 Å². The first-order valence-corrected chi connectivity index (χ1v) is 7.46. The zero-order valence-electron chi connectivity index (χ0n) is 11.9. The summed E-state index contributed by atoms with van der Waals surface area (Å²) in [6.07, 6.45) is 0. The fourth-order valence-corrected chi connectivity index (χ4v) is 2.96. The van der Waals surface area contributed by atoms with Gasteiger partial charge in [0.05, 0.1) is 4.92 Å². The molecule has 0 aliphatic heterocycles. The van der Waals surface area contributed by atoms with Gasteiger partial charge in [0.25, 0.3) is 0 Å². The molecule has 0 amide bonds. The van der Waals surface area contributed by atoms with E-state index >= 15 is 0 Å². The largest absolute Gasteiger partial charge is 0.312 e. The third kappa shape index (κ3) is 3.65. The van der Waals surface area contributed by atoms with Gasteiger partial charge in [-0.1, -0.05) is 32.0 Å². The zero-order valence-corrected chi connectivity index (χ0v) is 12.7. The first-order chi connectivity index (χ1) is 9.92. The molecule has 0 fully saturated rings. The van der Waals surface area contributed by atoms with Crippen molar-refractivity contribution < 1.29 is 9.31 Å². The van der Waals surface area contributed by atoms with Crippen LogP contribution in [0, 0.1) is 15.9 Å². The summed E-state index contributed by atoms with van der Waals surface area (Å²) >= 11 is 1.68. The summed E-state index contributed by atoms with van der Waals surface area (Å²) < 4.78 is 13.9. The molecule has 1 heterocycles. The van der Waals surface area contributed by atoms with Gasteiger partial charge in [0.1, 0.15) is 0 Å². The van der Waals surface area contributed by atoms with E-state index in [-0.39, 0.29) is 12.0 Å². The van der Waals surface area contributed by atoms with Crippen molar-refractivity contribution in [2.75, 3.05) is 6.54 Å². The molecule has 2 aromatic rings. The number of rotatable bonds is 6. The van der Waals surface area contributed by atoms with Crippen molar-refractivity contribution in [3.05, 3.63) is 62.1 Å². The van der Waals surface area contributed by atoms with E-state index in [2.05, 4.69) is 25.2 Å². The van der Waals surface area contributed by atoms with Crippen LogP contribution in [-0.2, 0) is 12.0 Å². The van der Waals surface area contributed by atoms with E-state index in [0.717, 1.165) is 0 Å². The third-order valence-corrected chi connectivity index (χ3v) is 4.56. The molecule has 1 N–H and O–H groups in total. The minimum Gasteiger partial charge on any atom is -0.312 e. The predicted octanol–water partition coefficient (Wildman–Crippen LogP) is 3.86. The topological polar surface area (TPSA) is 55.2 Å². The average Bonchev–Trinajstić information content (AvgIpc) is 2.95. The van der Waals surface area contributed by atoms with Crippen LogP contribution in [0.2, 0.25) is 0 Å². The van der Waals surface area contributed by atoms with E-state index in [1.165, 1.54) is 17.0 Å². The van der Waals surface area contributed by atoms with E-state index in [4.69, 9.17) is 0 Å². The quantitative estimate of drug-likeness (QED) is 0.651. The van der Waals surface area contributed by atoms with Crippen molar-refractivity contribution >= 4 is 17.0 Å². The van der Waals surface area contributed by atoms with Crippen LogP contribution in [0.15, 0.2) is 35.7 Å². The maximum atomic E-state index is 13.9. The molecule has 0 unspecified atom stereocenters. The van der Waals surface area contributed by atoms with Gasteiger partial charge in [0, 0.05) is 35.0 Å². The van der Waals surface area contributed by atoms with Gasteiger partial charge in [-0.2, -0.15) is 4.39 Å². The van der Waals surface area contributed by atoms with E-state index < -0.39 is 16.4 Å². The number of hydrogen-bond acceptors (Lipinski definition) is 4. The highest BCUT2D eigenvalue weighted by molar-refractivity contribution is 7.10. The summed E-state index contributed by atoms with van der Waals surface area (Å²) in [6, 6.07) is 8.31. The Morgan fingerprint density at radius 1 is 1.33 bits per heavy atom. The maximum Gasteiger partial charge on any atom is 0.305 e. The van der Waals surface area contributed by atoms with Gasteiger partial charge in [-0.25, -0.2) is 0 Å². The number of halogens is 1. The molecule has 0 aliphatic carbocycles. The molecule has 0 bridgehead atoms. The molecule has 0 spiro atoms. The average molecular weight is 308 g/mol. The maximum absolute atomic E-state index is 13.9. The van der Waals surface area contributed by atoms with E-state index in [1.54, 1.807) is 17.4 Å². The Morgan fingerprint density at radius 2 is 2.10 bits per heavy atom. The van der Waals surface area contributed by atoms with Crippen LogP contribution in [0.4, 0.5) is 10.1 Å². The van der Waals surface area contributed by atoms with Crippen LogP contribution in [-0.4, -0.2) is 11.5 Å². The van der Waals surface area contributed by atoms with E-state index in [0.29, 0.717) is 12.1 Å². The molecule has 0 aliphatic rings. The molecule has 1 aromatic heterocycles. The number of hydrogen-bond donors (Lipinski definition) is 1. The Hall–Kier alpha value is -1.79. The van der Waals surface area contributed by atoms with Crippen molar-refractivity contribution in [2.45, 2.75) is 25.8 Å². The molecule has 6 heteroatoms. The lowest BCUT2D eigenvalue weighted by Crippen LogP contribution is -2.32. The SMILES string of the molecule is CC(C)(CNCc1cccc([N+](=O)[O-])c1F)c1cccs1. The molecule has 0 saturated heterocycles. The molecular weight excluding hydrogens is 291 g/mol. The Morgan fingerprint density at radius 3 is 2.71 bits per heavy atom. The minimum atomic E-state index is -0.760. The zero-order chi connectivity index (χ0) is 15.5. The summed E-state index contributed by atoms with van der Waals surface area (Å²) in [4.78, 5) is 11.3. The molecule has 112 valence electrons. The van der Waals surface area contributed by atoms with Crippen molar-refractivity contribution in [2.24, 2.45) is 0 Å². The second-order valence-electron chi connectivity index (χ2n) is 5.47. The number of nitrogens with zero attached hydrogens (tertiary/aromatic N) is 1. The lowest BCUT2D eigenvalue weighted by atomic mass is 9.91. The first-order valence-electron chi connectivity index (χ1n) is 6.58. The number of benzene rings is 1. The number of nitro benzene ring substituents is 1. The van der Waals surface area contributed by atoms with Crippen LogP contribution in [0.25, 0.3) is 0 Å². The fourth-order valence-electron chi connectivity index (χ4n) is 2.10. The highest BCUT2D eigenvalue weighted by Gasteiger charge is 2.22. The van der Waals surface area contributed by atoms with Crippen molar-refractivity contribution in [3.63, 3.8) is 0 Å². The lowest BCUT2D eigenvalue weighted by molar-refractivity contribution is -0.387. The summed E-state index contributed by atoms with van der Waals surface area (Å²) in [5, 5.41) is 15.9. The Balaban J connectivity index is 2.01. The summed E-state index contributed by atoms with van der Waals surface area (Å²) in [5.41, 5.74) is -0.233. The number of nitrogens with one attached hydrogen (secondary N) is 1. The van der Waals surface area contributed by atoms with Crippen molar-refractivity contribution in [1.82, 2.24) is 5.32 Å². The van der Waals surface area contributed by atoms with Gasteiger partial charge < -0.3 is 5.32 Å². The van der Waals surface area contributed by atoms with Crippen molar-refractivity contribution in [1.29, 1.82) is 0 Å². The Labute approximate surface area is 126 Å². The smallest absolute Gasteiger partial charge is 0.305 e. The van der Waals surface area contributed by atoms with Crippen LogP contribution in [0.1, 0.15) is 24.3 Å². The monoisotopic (exact) mass is 308 g/mol. The normalized spacial score (nSPS) is 11.6. The van der Waals surface area contributed by atoms with Crippen LogP contribution in [0.3, 0.4) is 0 Å². The molecular formula is C15H17FN2O2S. The van der Waals surface area contributed by atoms with Gasteiger partial charge in [0.2, 0.25) is 5.82 Å². The van der Waals surface area contributed by atoms with Gasteiger partial charge in [-0.15, -0.1) is 11.3 Å². The van der Waals surface area contributed by atoms with Gasteiger partial charge in [-0.05, 0) is 11.4 Å². The second kappa shape index (κ2) is 6.32. The molecule has 0 radical (unpaired) electrons. The number of nitro groups is 1. The molecule has 2 rings (SSSR count). The second-order valence-corrected chi connectivity index (χ2v) is 6.42. The highest BCUT2D eigenvalue weighted by Crippen LogP contribution is 2.27. The van der Waals surface area contributed by atoms with Gasteiger partial charge in [0.15, 0.2) is 0 Å². The van der Waals surface area contributed by atoms with Gasteiger partial charge in [-0.3, -0.25) is 10.1 Å². The van der Waals surface area contributed by atoms with Crippen molar-refractivity contribution in [3.8, 4) is 0 Å². The standard InChI is InChI=1S/C15H17FN2O2S/c1-15(2,13-7-4-8-21-13)10-17-9-11-5-3-6-12(14(11)16)18(19)20/h3-8,17H,9-10H2,1-2H3. The first kappa shape index (κ1) is 15.6. The highest BCUT2D eigenvalue weighted by atomic mass is 32.1. The molecule has 1 aromatic carbocycles. The van der Waals surface area contributed by atoms with Gasteiger partial charge >= 0.3 is 5.69 Å². The number of thiophene rings is 1. The predicted molar refractivity (Wildman–Crippen MR) is 82.1 cm³/mol. The Bertz CT molecular complexity index is 627. The van der Waals surface area contributed by atoms with E-state index in [1.807, 2.05) is 11.4 Å². The molecule has 21 heavy (non-hydrogen) atoms. The Kier molecular flexibility index (Phi) is 4.69. The summed E-state index contributed by atoms with van der Waals surface area (Å²) in [5.74, 6) is -0.760.